The zero-order valence-corrected chi connectivity index (χ0v) is 15.0. The van der Waals surface area contributed by atoms with E-state index in [2.05, 4.69) is 15.1 Å². The van der Waals surface area contributed by atoms with Gasteiger partial charge in [-0.15, -0.1) is 0 Å². The summed E-state index contributed by atoms with van der Waals surface area (Å²) in [5, 5.41) is 4.48. The second-order valence-corrected chi connectivity index (χ2v) is 6.75. The molecule has 0 N–H and O–H groups in total. The van der Waals surface area contributed by atoms with Gasteiger partial charge in [-0.2, -0.15) is 5.10 Å². The predicted octanol–water partition coefficient (Wildman–Crippen LogP) is 2.91. The highest BCUT2D eigenvalue weighted by Crippen LogP contribution is 2.26. The number of carbonyl (C=O) groups is 1. The molecule has 6 heteroatoms. The third-order valence-electron chi connectivity index (χ3n) is 4.85. The first-order valence-electron chi connectivity index (χ1n) is 8.81. The molecule has 3 heterocycles. The Morgan fingerprint density at radius 3 is 2.62 bits per heavy atom. The van der Waals surface area contributed by atoms with E-state index in [4.69, 9.17) is 0 Å². The van der Waals surface area contributed by atoms with Crippen molar-refractivity contribution in [2.75, 3.05) is 13.1 Å². The minimum absolute atomic E-state index is 0.0660. The molecule has 4 rings (SSSR count). The Labute approximate surface area is 152 Å². The number of hydrogen-bond acceptors (Lipinski definition) is 4. The lowest BCUT2D eigenvalue weighted by Gasteiger charge is -2.17. The Balaban J connectivity index is 1.48. The standard InChI is InChI=1S/C20H21N5O/c1-14-11-15(2)25(23-14)18-5-3-16(4-6-18)20(26)24-10-7-17(13-24)19-12-21-8-9-22-19/h3-6,8-9,11-12,17H,7,10,13H2,1-2H3. The van der Waals surface area contributed by atoms with Crippen LogP contribution in [0.3, 0.4) is 0 Å². The van der Waals surface area contributed by atoms with Crippen LogP contribution in [-0.4, -0.2) is 43.6 Å². The van der Waals surface area contributed by atoms with Gasteiger partial charge in [-0.1, -0.05) is 0 Å². The molecular weight excluding hydrogens is 326 g/mol. The number of benzene rings is 1. The van der Waals surface area contributed by atoms with Crippen LogP contribution in [0, 0.1) is 13.8 Å². The van der Waals surface area contributed by atoms with Crippen LogP contribution in [0.1, 0.15) is 39.8 Å². The molecule has 132 valence electrons. The van der Waals surface area contributed by atoms with Crippen LogP contribution in [0.2, 0.25) is 0 Å². The van der Waals surface area contributed by atoms with E-state index in [1.165, 1.54) is 0 Å². The smallest absolute Gasteiger partial charge is 0.253 e. The first kappa shape index (κ1) is 16.4. The maximum atomic E-state index is 12.8. The van der Waals surface area contributed by atoms with Crippen molar-refractivity contribution in [1.29, 1.82) is 0 Å². The van der Waals surface area contributed by atoms with Gasteiger partial charge in [0.25, 0.3) is 5.91 Å². The van der Waals surface area contributed by atoms with E-state index in [1.54, 1.807) is 18.6 Å². The summed E-state index contributed by atoms with van der Waals surface area (Å²) in [6.07, 6.45) is 6.10. The Kier molecular flexibility index (Phi) is 4.24. The van der Waals surface area contributed by atoms with Crippen molar-refractivity contribution in [2.45, 2.75) is 26.2 Å². The molecule has 1 aromatic carbocycles. The van der Waals surface area contributed by atoms with Gasteiger partial charge in [0.05, 0.1) is 17.1 Å². The SMILES string of the molecule is Cc1cc(C)n(-c2ccc(C(=O)N3CCC(c4cnccn4)C3)cc2)n1. The summed E-state index contributed by atoms with van der Waals surface area (Å²) < 4.78 is 1.89. The number of aryl methyl sites for hydroxylation is 2. The van der Waals surface area contributed by atoms with Crippen molar-refractivity contribution in [3.8, 4) is 5.69 Å². The Morgan fingerprint density at radius 1 is 1.15 bits per heavy atom. The number of amides is 1. The fourth-order valence-electron chi connectivity index (χ4n) is 3.53. The number of rotatable bonds is 3. The monoisotopic (exact) mass is 347 g/mol. The lowest BCUT2D eigenvalue weighted by Crippen LogP contribution is -2.28. The number of aromatic nitrogens is 4. The predicted molar refractivity (Wildman–Crippen MR) is 98.3 cm³/mol. The minimum atomic E-state index is 0.0660. The first-order valence-corrected chi connectivity index (χ1v) is 8.81. The fourth-order valence-corrected chi connectivity index (χ4v) is 3.53. The average molecular weight is 347 g/mol. The van der Waals surface area contributed by atoms with Crippen molar-refractivity contribution < 1.29 is 4.79 Å². The Hall–Kier alpha value is -3.02. The molecular formula is C20H21N5O. The van der Waals surface area contributed by atoms with Gasteiger partial charge in [-0.25, -0.2) is 4.68 Å². The zero-order chi connectivity index (χ0) is 18.1. The number of carbonyl (C=O) groups excluding carboxylic acids is 1. The van der Waals surface area contributed by atoms with E-state index in [-0.39, 0.29) is 11.8 Å². The molecule has 0 bridgehead atoms. The van der Waals surface area contributed by atoms with Crippen LogP contribution >= 0.6 is 0 Å². The molecule has 0 radical (unpaired) electrons. The number of hydrogen-bond donors (Lipinski definition) is 0. The van der Waals surface area contributed by atoms with Gasteiger partial charge in [0.2, 0.25) is 0 Å². The van der Waals surface area contributed by atoms with E-state index in [9.17, 15) is 4.79 Å². The molecule has 1 aliphatic rings. The van der Waals surface area contributed by atoms with Gasteiger partial charge >= 0.3 is 0 Å². The first-order chi connectivity index (χ1) is 12.6. The highest BCUT2D eigenvalue weighted by molar-refractivity contribution is 5.94. The molecule has 0 aliphatic carbocycles. The molecule has 6 nitrogen and oxygen atoms in total. The molecule has 1 fully saturated rings. The van der Waals surface area contributed by atoms with Gasteiger partial charge in [0.15, 0.2) is 0 Å². The molecule has 1 atom stereocenters. The zero-order valence-electron chi connectivity index (χ0n) is 15.0. The topological polar surface area (TPSA) is 63.9 Å². The van der Waals surface area contributed by atoms with Crippen LogP contribution in [0.25, 0.3) is 5.69 Å². The van der Waals surface area contributed by atoms with E-state index in [0.717, 1.165) is 35.7 Å². The molecule has 0 spiro atoms. The number of nitrogens with zero attached hydrogens (tertiary/aromatic N) is 5. The van der Waals surface area contributed by atoms with Gasteiger partial charge in [0.1, 0.15) is 0 Å². The van der Waals surface area contributed by atoms with E-state index in [0.29, 0.717) is 12.1 Å². The van der Waals surface area contributed by atoms with Crippen LogP contribution in [0.4, 0.5) is 0 Å². The molecule has 3 aromatic rings. The van der Waals surface area contributed by atoms with Gasteiger partial charge in [-0.05, 0) is 50.6 Å². The highest BCUT2D eigenvalue weighted by atomic mass is 16.2. The summed E-state index contributed by atoms with van der Waals surface area (Å²) in [7, 11) is 0. The van der Waals surface area contributed by atoms with Crippen molar-refractivity contribution in [3.05, 3.63) is 71.6 Å². The largest absolute Gasteiger partial charge is 0.338 e. The molecule has 0 saturated carbocycles. The average Bonchev–Trinajstić information content (AvgIpc) is 3.29. The van der Waals surface area contributed by atoms with Crippen LogP contribution in [-0.2, 0) is 0 Å². The second-order valence-electron chi connectivity index (χ2n) is 6.75. The molecule has 1 aliphatic heterocycles. The van der Waals surface area contributed by atoms with Gasteiger partial charge in [-0.3, -0.25) is 14.8 Å². The van der Waals surface area contributed by atoms with Crippen LogP contribution < -0.4 is 0 Å². The normalized spacial score (nSPS) is 16.8. The van der Waals surface area contributed by atoms with Crippen molar-refractivity contribution in [2.24, 2.45) is 0 Å². The summed E-state index contributed by atoms with van der Waals surface area (Å²) in [5.41, 5.74) is 4.69. The van der Waals surface area contributed by atoms with Crippen LogP contribution in [0.15, 0.2) is 48.9 Å². The molecule has 1 saturated heterocycles. The Bertz CT molecular complexity index is 917. The molecule has 26 heavy (non-hydrogen) atoms. The second kappa shape index (κ2) is 6.71. The van der Waals surface area contributed by atoms with E-state index >= 15 is 0 Å². The highest BCUT2D eigenvalue weighted by Gasteiger charge is 2.28. The summed E-state index contributed by atoms with van der Waals surface area (Å²) in [4.78, 5) is 23.2. The summed E-state index contributed by atoms with van der Waals surface area (Å²) in [6, 6.07) is 9.69. The lowest BCUT2D eigenvalue weighted by atomic mass is 10.1. The molecule has 2 aromatic heterocycles. The number of likely N-dealkylation sites (tertiary alicyclic amines) is 1. The van der Waals surface area contributed by atoms with Gasteiger partial charge < -0.3 is 4.90 Å². The van der Waals surface area contributed by atoms with Crippen molar-refractivity contribution in [3.63, 3.8) is 0 Å². The van der Waals surface area contributed by atoms with E-state index in [1.807, 2.05) is 53.8 Å². The summed E-state index contributed by atoms with van der Waals surface area (Å²) in [5.74, 6) is 0.331. The maximum Gasteiger partial charge on any atom is 0.253 e. The lowest BCUT2D eigenvalue weighted by molar-refractivity contribution is 0.0790. The third-order valence-corrected chi connectivity index (χ3v) is 4.85. The quantitative estimate of drug-likeness (QED) is 0.731. The van der Waals surface area contributed by atoms with E-state index < -0.39 is 0 Å². The minimum Gasteiger partial charge on any atom is -0.338 e. The fraction of sp³-hybridized carbons (Fsp3) is 0.300. The maximum absolute atomic E-state index is 12.8. The summed E-state index contributed by atoms with van der Waals surface area (Å²) >= 11 is 0. The third kappa shape index (κ3) is 3.10. The molecule has 1 amide bonds. The molecule has 1 unspecified atom stereocenters. The summed E-state index contributed by atoms with van der Waals surface area (Å²) in [6.45, 7) is 5.44. The van der Waals surface area contributed by atoms with Gasteiger partial charge in [0, 0.05) is 48.9 Å². The van der Waals surface area contributed by atoms with Crippen LogP contribution in [0.5, 0.6) is 0 Å². The Morgan fingerprint density at radius 2 is 1.96 bits per heavy atom. The van der Waals surface area contributed by atoms with Crippen molar-refractivity contribution >= 4 is 5.91 Å². The van der Waals surface area contributed by atoms with Crippen molar-refractivity contribution in [1.82, 2.24) is 24.6 Å².